The molecule has 0 atom stereocenters. The number of nitrogens with zero attached hydrogens (tertiary/aromatic N) is 7. The lowest BCUT2D eigenvalue weighted by Gasteiger charge is -2.34. The average molecular weight is 478 g/mol. The standard InChI is InChI=1S/C24H24ClN7O2/c1-16-7-9-18(10-8-16)32-21(26-28-29-32)15-30-11-13-31(14-12-30)24(33)22-17(2)34-27-23(22)19-5-3-4-6-20(19)25/h3-10H,11-15H2,1-2H3. The number of benzene rings is 2. The van der Waals surface area contributed by atoms with Crippen molar-refractivity contribution in [2.24, 2.45) is 0 Å². The second-order valence-corrected chi connectivity index (χ2v) is 8.76. The van der Waals surface area contributed by atoms with Gasteiger partial charge in [0.25, 0.3) is 5.91 Å². The number of rotatable bonds is 5. The van der Waals surface area contributed by atoms with E-state index in [1.807, 2.05) is 54.3 Å². The molecule has 0 aliphatic carbocycles. The molecule has 2 aromatic heterocycles. The third kappa shape index (κ3) is 4.32. The Hall–Kier alpha value is -3.56. The molecule has 0 saturated carbocycles. The quantitative estimate of drug-likeness (QED) is 0.434. The first-order valence-corrected chi connectivity index (χ1v) is 11.5. The van der Waals surface area contributed by atoms with Crippen LogP contribution in [-0.2, 0) is 6.54 Å². The first-order valence-electron chi connectivity index (χ1n) is 11.1. The Kier molecular flexibility index (Phi) is 6.12. The lowest BCUT2D eigenvalue weighted by Crippen LogP contribution is -2.48. The maximum Gasteiger partial charge on any atom is 0.259 e. The zero-order valence-corrected chi connectivity index (χ0v) is 19.7. The molecule has 0 N–H and O–H groups in total. The van der Waals surface area contributed by atoms with E-state index in [1.54, 1.807) is 17.7 Å². The third-order valence-electron chi connectivity index (χ3n) is 6.04. The Balaban J connectivity index is 1.27. The highest BCUT2D eigenvalue weighted by atomic mass is 35.5. The highest BCUT2D eigenvalue weighted by Crippen LogP contribution is 2.32. The molecule has 1 aliphatic rings. The van der Waals surface area contributed by atoms with Gasteiger partial charge in [-0.3, -0.25) is 9.69 Å². The minimum absolute atomic E-state index is 0.0993. The van der Waals surface area contributed by atoms with Gasteiger partial charge in [-0.15, -0.1) is 5.10 Å². The van der Waals surface area contributed by atoms with Crippen molar-refractivity contribution >= 4 is 17.5 Å². The van der Waals surface area contributed by atoms with Gasteiger partial charge in [0.1, 0.15) is 17.0 Å². The molecule has 0 unspecified atom stereocenters. The second-order valence-electron chi connectivity index (χ2n) is 8.35. The van der Waals surface area contributed by atoms with E-state index >= 15 is 0 Å². The summed E-state index contributed by atoms with van der Waals surface area (Å²) in [6, 6.07) is 15.4. The molecule has 1 fully saturated rings. The SMILES string of the molecule is Cc1ccc(-n2nnnc2CN2CCN(C(=O)c3c(-c4ccccc4Cl)noc3C)CC2)cc1. The molecule has 0 bridgehead atoms. The molecule has 34 heavy (non-hydrogen) atoms. The van der Waals surface area contributed by atoms with E-state index in [4.69, 9.17) is 16.1 Å². The summed E-state index contributed by atoms with van der Waals surface area (Å²) >= 11 is 6.35. The van der Waals surface area contributed by atoms with Crippen LogP contribution in [-0.4, -0.2) is 67.2 Å². The van der Waals surface area contributed by atoms with Crippen LogP contribution < -0.4 is 0 Å². The Labute approximate surface area is 201 Å². The van der Waals surface area contributed by atoms with E-state index in [1.165, 1.54) is 5.56 Å². The molecule has 4 aromatic rings. The highest BCUT2D eigenvalue weighted by molar-refractivity contribution is 6.33. The van der Waals surface area contributed by atoms with Crippen LogP contribution in [0, 0.1) is 13.8 Å². The molecule has 9 nitrogen and oxygen atoms in total. The van der Waals surface area contributed by atoms with Crippen LogP contribution in [0.2, 0.25) is 5.02 Å². The number of aromatic nitrogens is 5. The van der Waals surface area contributed by atoms with Crippen LogP contribution in [0.5, 0.6) is 0 Å². The molecule has 1 amide bonds. The van der Waals surface area contributed by atoms with E-state index in [2.05, 4.69) is 25.6 Å². The van der Waals surface area contributed by atoms with Crippen molar-refractivity contribution in [2.45, 2.75) is 20.4 Å². The number of halogens is 1. The van der Waals surface area contributed by atoms with Crippen LogP contribution in [0.3, 0.4) is 0 Å². The van der Waals surface area contributed by atoms with Crippen molar-refractivity contribution in [3.63, 3.8) is 0 Å². The molecular formula is C24H24ClN7O2. The number of carbonyl (C=O) groups excluding carboxylic acids is 1. The fourth-order valence-electron chi connectivity index (χ4n) is 4.12. The molecule has 10 heteroatoms. The number of hydrogen-bond acceptors (Lipinski definition) is 7. The minimum Gasteiger partial charge on any atom is -0.360 e. The van der Waals surface area contributed by atoms with Crippen LogP contribution >= 0.6 is 11.6 Å². The van der Waals surface area contributed by atoms with Crippen LogP contribution in [0.4, 0.5) is 0 Å². The Bertz CT molecular complexity index is 1310. The van der Waals surface area contributed by atoms with E-state index in [0.717, 1.165) is 11.5 Å². The first-order chi connectivity index (χ1) is 16.5. The zero-order valence-electron chi connectivity index (χ0n) is 19.0. The molecule has 5 rings (SSSR count). The molecule has 1 saturated heterocycles. The fraction of sp³-hybridized carbons (Fsp3) is 0.292. The first kappa shape index (κ1) is 22.2. The fourth-order valence-corrected chi connectivity index (χ4v) is 4.34. The number of aryl methyl sites for hydroxylation is 2. The van der Waals surface area contributed by atoms with Crippen LogP contribution in [0.1, 0.15) is 27.5 Å². The van der Waals surface area contributed by atoms with Gasteiger partial charge in [0, 0.05) is 31.7 Å². The molecular weight excluding hydrogens is 454 g/mol. The lowest BCUT2D eigenvalue weighted by atomic mass is 10.0. The van der Waals surface area contributed by atoms with Gasteiger partial charge in [0.2, 0.25) is 0 Å². The Morgan fingerprint density at radius 3 is 2.50 bits per heavy atom. The Morgan fingerprint density at radius 1 is 1.03 bits per heavy atom. The molecule has 0 spiro atoms. The smallest absolute Gasteiger partial charge is 0.259 e. The maximum atomic E-state index is 13.4. The number of piperazine rings is 1. The summed E-state index contributed by atoms with van der Waals surface area (Å²) < 4.78 is 7.14. The van der Waals surface area contributed by atoms with Crippen molar-refractivity contribution in [3.05, 3.63) is 76.3 Å². The summed E-state index contributed by atoms with van der Waals surface area (Å²) in [4.78, 5) is 17.5. The largest absolute Gasteiger partial charge is 0.360 e. The summed E-state index contributed by atoms with van der Waals surface area (Å²) in [7, 11) is 0. The van der Waals surface area contributed by atoms with Gasteiger partial charge >= 0.3 is 0 Å². The van der Waals surface area contributed by atoms with E-state index in [-0.39, 0.29) is 5.91 Å². The lowest BCUT2D eigenvalue weighted by molar-refractivity contribution is 0.0623. The number of tetrazole rings is 1. The summed E-state index contributed by atoms with van der Waals surface area (Å²) in [6.07, 6.45) is 0. The predicted molar refractivity (Wildman–Crippen MR) is 127 cm³/mol. The normalized spacial score (nSPS) is 14.5. The van der Waals surface area contributed by atoms with Gasteiger partial charge in [-0.25, -0.2) is 0 Å². The third-order valence-corrected chi connectivity index (χ3v) is 6.37. The minimum atomic E-state index is -0.0993. The van der Waals surface area contributed by atoms with Gasteiger partial charge in [-0.2, -0.15) is 4.68 Å². The van der Waals surface area contributed by atoms with Crippen LogP contribution in [0.25, 0.3) is 16.9 Å². The Morgan fingerprint density at radius 2 is 1.76 bits per heavy atom. The van der Waals surface area contributed by atoms with E-state index in [0.29, 0.717) is 60.3 Å². The molecule has 3 heterocycles. The van der Waals surface area contributed by atoms with Gasteiger partial charge < -0.3 is 9.42 Å². The van der Waals surface area contributed by atoms with Gasteiger partial charge in [-0.05, 0) is 42.5 Å². The average Bonchev–Trinajstić information content (AvgIpc) is 3.46. The van der Waals surface area contributed by atoms with Crippen LogP contribution in [0.15, 0.2) is 53.1 Å². The summed E-state index contributed by atoms with van der Waals surface area (Å²) in [5, 5.41) is 16.9. The highest BCUT2D eigenvalue weighted by Gasteiger charge is 2.29. The summed E-state index contributed by atoms with van der Waals surface area (Å²) in [5.41, 5.74) is 3.73. The van der Waals surface area contributed by atoms with Crippen molar-refractivity contribution in [1.29, 1.82) is 0 Å². The van der Waals surface area contributed by atoms with Gasteiger partial charge in [0.15, 0.2) is 5.82 Å². The van der Waals surface area contributed by atoms with E-state index < -0.39 is 0 Å². The second kappa shape index (κ2) is 9.36. The molecule has 0 radical (unpaired) electrons. The molecule has 1 aliphatic heterocycles. The topological polar surface area (TPSA) is 93.2 Å². The summed E-state index contributed by atoms with van der Waals surface area (Å²) in [5.74, 6) is 1.15. The van der Waals surface area contributed by atoms with Gasteiger partial charge in [0.05, 0.1) is 17.3 Å². The van der Waals surface area contributed by atoms with Crippen molar-refractivity contribution in [3.8, 4) is 16.9 Å². The number of carbonyl (C=O) groups is 1. The van der Waals surface area contributed by atoms with Gasteiger partial charge in [-0.1, -0.05) is 52.7 Å². The summed E-state index contributed by atoms with van der Waals surface area (Å²) in [6.45, 7) is 6.97. The maximum absolute atomic E-state index is 13.4. The monoisotopic (exact) mass is 477 g/mol. The molecule has 2 aromatic carbocycles. The number of hydrogen-bond donors (Lipinski definition) is 0. The predicted octanol–water partition coefficient (Wildman–Crippen LogP) is 3.55. The molecule has 174 valence electrons. The number of amides is 1. The van der Waals surface area contributed by atoms with Crippen molar-refractivity contribution in [2.75, 3.05) is 26.2 Å². The van der Waals surface area contributed by atoms with E-state index in [9.17, 15) is 4.79 Å². The van der Waals surface area contributed by atoms with Crippen molar-refractivity contribution < 1.29 is 9.32 Å². The zero-order chi connectivity index (χ0) is 23.7. The van der Waals surface area contributed by atoms with Crippen molar-refractivity contribution in [1.82, 2.24) is 35.2 Å².